The van der Waals surface area contributed by atoms with E-state index < -0.39 is 0 Å². The van der Waals surface area contributed by atoms with Crippen molar-refractivity contribution in [1.82, 2.24) is 19.8 Å². The molecule has 0 bridgehead atoms. The van der Waals surface area contributed by atoms with Gasteiger partial charge in [0.15, 0.2) is 0 Å². The molecule has 154 valence electrons. The molecule has 0 spiro atoms. The van der Waals surface area contributed by atoms with Gasteiger partial charge in [-0.25, -0.2) is 14.8 Å². The van der Waals surface area contributed by atoms with Crippen molar-refractivity contribution < 1.29 is 9.53 Å². The van der Waals surface area contributed by atoms with Crippen LogP contribution in [0.15, 0.2) is 54.7 Å². The molecule has 1 atom stereocenters. The van der Waals surface area contributed by atoms with Crippen molar-refractivity contribution in [1.29, 1.82) is 0 Å². The van der Waals surface area contributed by atoms with Crippen molar-refractivity contribution in [3.8, 4) is 11.3 Å². The van der Waals surface area contributed by atoms with Gasteiger partial charge >= 0.3 is 6.03 Å². The van der Waals surface area contributed by atoms with Gasteiger partial charge in [-0.3, -0.25) is 0 Å². The number of carbonyl (C=O) groups excluding carboxylic acids is 1. The van der Waals surface area contributed by atoms with Gasteiger partial charge in [0.05, 0.1) is 18.9 Å². The van der Waals surface area contributed by atoms with Crippen LogP contribution in [-0.4, -0.2) is 71.2 Å². The smallest absolute Gasteiger partial charge is 0.320 e. The highest BCUT2D eigenvalue weighted by Crippen LogP contribution is 2.24. The topological polar surface area (TPSA) is 70.6 Å². The number of urea groups is 1. The number of aromatic nitrogens is 2. The number of fused-ring (bicyclic) bond motifs is 1. The molecule has 3 aromatic rings. The summed E-state index contributed by atoms with van der Waals surface area (Å²) >= 11 is 0. The molecule has 7 nitrogen and oxygen atoms in total. The number of nitrogens with zero attached hydrogens (tertiary/aromatic N) is 4. The van der Waals surface area contributed by atoms with Crippen LogP contribution in [-0.2, 0) is 4.74 Å². The largest absolute Gasteiger partial charge is 0.378 e. The molecular weight excluding hydrogens is 378 g/mol. The van der Waals surface area contributed by atoms with Crippen molar-refractivity contribution in [3.63, 3.8) is 0 Å². The molecule has 1 N–H and O–H groups in total. The standard InChI is InChI=1S/C23H25N5O2/c29-23(27-11-13-30-14-12-27)28-10-8-20(16-28)25-22-24-9-7-21(26-22)19-6-5-17-3-1-2-4-18(17)15-19/h1-7,9,15,20H,8,10-14,16H2,(H,24,25,26). The van der Waals surface area contributed by atoms with Gasteiger partial charge in [-0.2, -0.15) is 0 Å². The third-order valence-corrected chi connectivity index (χ3v) is 5.77. The summed E-state index contributed by atoms with van der Waals surface area (Å²) in [7, 11) is 0. The average molecular weight is 403 g/mol. The number of benzene rings is 2. The van der Waals surface area contributed by atoms with E-state index in [9.17, 15) is 4.79 Å². The van der Waals surface area contributed by atoms with Crippen LogP contribution in [0.5, 0.6) is 0 Å². The first-order valence-electron chi connectivity index (χ1n) is 10.5. The van der Waals surface area contributed by atoms with Gasteiger partial charge < -0.3 is 19.9 Å². The SMILES string of the molecule is O=C(N1CCOCC1)N1CCC(Nc2nccc(-c3ccc4ccccc4c3)n2)C1. The summed E-state index contributed by atoms with van der Waals surface area (Å²) in [6.45, 7) is 4.00. The van der Waals surface area contributed by atoms with Crippen LogP contribution in [0.1, 0.15) is 6.42 Å². The zero-order chi connectivity index (χ0) is 20.3. The van der Waals surface area contributed by atoms with Gasteiger partial charge in [0, 0.05) is 44.0 Å². The Balaban J connectivity index is 1.26. The molecule has 2 aromatic carbocycles. The van der Waals surface area contributed by atoms with Crippen molar-refractivity contribution >= 4 is 22.8 Å². The first kappa shape index (κ1) is 18.8. The lowest BCUT2D eigenvalue weighted by atomic mass is 10.1. The fourth-order valence-electron chi connectivity index (χ4n) is 4.13. The Morgan fingerprint density at radius 2 is 1.83 bits per heavy atom. The highest BCUT2D eigenvalue weighted by atomic mass is 16.5. The molecule has 2 aliphatic heterocycles. The van der Waals surface area contributed by atoms with E-state index in [1.807, 2.05) is 28.0 Å². The van der Waals surface area contributed by atoms with E-state index in [1.165, 1.54) is 10.8 Å². The number of anilines is 1. The summed E-state index contributed by atoms with van der Waals surface area (Å²) in [5.41, 5.74) is 1.95. The summed E-state index contributed by atoms with van der Waals surface area (Å²) in [5.74, 6) is 0.603. The lowest BCUT2D eigenvalue weighted by Gasteiger charge is -2.31. The van der Waals surface area contributed by atoms with E-state index in [0.717, 1.165) is 24.2 Å². The van der Waals surface area contributed by atoms with Gasteiger partial charge in [0.1, 0.15) is 0 Å². The molecule has 1 unspecified atom stereocenters. The predicted octanol–water partition coefficient (Wildman–Crippen LogP) is 3.24. The van der Waals surface area contributed by atoms with Crippen molar-refractivity contribution in [3.05, 3.63) is 54.7 Å². The van der Waals surface area contributed by atoms with Crippen LogP contribution >= 0.6 is 0 Å². The molecule has 2 saturated heterocycles. The van der Waals surface area contributed by atoms with Crippen LogP contribution in [0, 0.1) is 0 Å². The van der Waals surface area contributed by atoms with E-state index in [1.54, 1.807) is 6.20 Å². The third-order valence-electron chi connectivity index (χ3n) is 5.77. The Labute approximate surface area is 175 Å². The minimum atomic E-state index is 0.105. The minimum Gasteiger partial charge on any atom is -0.378 e. The quantitative estimate of drug-likeness (QED) is 0.727. The molecule has 0 radical (unpaired) electrons. The first-order chi connectivity index (χ1) is 14.8. The number of rotatable bonds is 3. The highest BCUT2D eigenvalue weighted by molar-refractivity contribution is 5.86. The molecule has 2 fully saturated rings. The summed E-state index contributed by atoms with van der Waals surface area (Å²) in [6.07, 6.45) is 2.67. The monoisotopic (exact) mass is 403 g/mol. The molecule has 2 aliphatic rings. The van der Waals surface area contributed by atoms with Crippen molar-refractivity contribution in [2.75, 3.05) is 44.7 Å². The van der Waals surface area contributed by atoms with Gasteiger partial charge in [0.2, 0.25) is 5.95 Å². The fourth-order valence-corrected chi connectivity index (χ4v) is 4.13. The maximum Gasteiger partial charge on any atom is 0.320 e. The third kappa shape index (κ3) is 3.93. The first-order valence-corrected chi connectivity index (χ1v) is 10.5. The highest BCUT2D eigenvalue weighted by Gasteiger charge is 2.30. The zero-order valence-corrected chi connectivity index (χ0v) is 16.8. The summed E-state index contributed by atoms with van der Waals surface area (Å²) in [4.78, 5) is 25.6. The summed E-state index contributed by atoms with van der Waals surface area (Å²) < 4.78 is 5.34. The number of morpholine rings is 1. The molecular formula is C23H25N5O2. The van der Waals surface area contributed by atoms with Gasteiger partial charge in [-0.1, -0.05) is 36.4 Å². The minimum absolute atomic E-state index is 0.105. The number of nitrogens with one attached hydrogen (secondary N) is 1. The fraction of sp³-hybridized carbons (Fsp3) is 0.348. The predicted molar refractivity (Wildman–Crippen MR) is 116 cm³/mol. The average Bonchev–Trinajstić information content (AvgIpc) is 3.27. The normalized spacial score (nSPS) is 19.3. The number of amides is 2. The van der Waals surface area contributed by atoms with E-state index >= 15 is 0 Å². The molecule has 2 amide bonds. The van der Waals surface area contributed by atoms with Gasteiger partial charge in [0.25, 0.3) is 0 Å². The van der Waals surface area contributed by atoms with Crippen molar-refractivity contribution in [2.45, 2.75) is 12.5 Å². The number of ether oxygens (including phenoxy) is 1. The van der Waals surface area contributed by atoms with Crippen LogP contribution in [0.25, 0.3) is 22.0 Å². The number of carbonyl (C=O) groups is 1. The number of hydrogen-bond donors (Lipinski definition) is 1. The second kappa shape index (κ2) is 8.28. The molecule has 7 heteroatoms. The number of hydrogen-bond acceptors (Lipinski definition) is 5. The van der Waals surface area contributed by atoms with Gasteiger partial charge in [-0.05, 0) is 29.3 Å². The molecule has 1 aromatic heterocycles. The second-order valence-electron chi connectivity index (χ2n) is 7.79. The van der Waals surface area contributed by atoms with Gasteiger partial charge in [-0.15, -0.1) is 0 Å². The maximum atomic E-state index is 12.7. The Morgan fingerprint density at radius 1 is 1.00 bits per heavy atom. The van der Waals surface area contributed by atoms with E-state index in [0.29, 0.717) is 38.8 Å². The molecule has 30 heavy (non-hydrogen) atoms. The van der Waals surface area contributed by atoms with Crippen LogP contribution in [0.4, 0.5) is 10.7 Å². The molecule has 0 saturated carbocycles. The Bertz CT molecular complexity index is 1050. The molecule has 5 rings (SSSR count). The van der Waals surface area contributed by atoms with Crippen LogP contribution < -0.4 is 5.32 Å². The van der Waals surface area contributed by atoms with Crippen molar-refractivity contribution in [2.24, 2.45) is 0 Å². The van der Waals surface area contributed by atoms with E-state index in [-0.39, 0.29) is 12.1 Å². The molecule has 0 aliphatic carbocycles. The Hall–Kier alpha value is -3.19. The van der Waals surface area contributed by atoms with Crippen LogP contribution in [0.3, 0.4) is 0 Å². The summed E-state index contributed by atoms with van der Waals surface area (Å²) in [5, 5.41) is 5.82. The van der Waals surface area contributed by atoms with Crippen LogP contribution in [0.2, 0.25) is 0 Å². The zero-order valence-electron chi connectivity index (χ0n) is 16.8. The molecule has 3 heterocycles. The maximum absolute atomic E-state index is 12.7. The Morgan fingerprint density at radius 3 is 2.70 bits per heavy atom. The number of likely N-dealkylation sites (tertiary alicyclic amines) is 1. The summed E-state index contributed by atoms with van der Waals surface area (Å²) in [6, 6.07) is 16.9. The van der Waals surface area contributed by atoms with E-state index in [4.69, 9.17) is 9.72 Å². The lowest BCUT2D eigenvalue weighted by Crippen LogP contribution is -2.47. The lowest BCUT2D eigenvalue weighted by molar-refractivity contribution is 0.0451. The second-order valence-corrected chi connectivity index (χ2v) is 7.79. The Kier molecular flexibility index (Phi) is 5.19. The van der Waals surface area contributed by atoms with E-state index in [2.05, 4.69) is 40.6 Å².